The van der Waals surface area contributed by atoms with Crippen molar-refractivity contribution in [1.29, 1.82) is 0 Å². The fraction of sp³-hybridized carbons (Fsp3) is 0.222. The Labute approximate surface area is 166 Å². The van der Waals surface area contributed by atoms with Crippen molar-refractivity contribution in [1.82, 2.24) is 24.8 Å². The van der Waals surface area contributed by atoms with Gasteiger partial charge in [0.05, 0.1) is 17.7 Å². The van der Waals surface area contributed by atoms with Crippen molar-refractivity contribution in [3.05, 3.63) is 53.3 Å². The van der Waals surface area contributed by atoms with Crippen LogP contribution in [0.15, 0.2) is 52.9 Å². The van der Waals surface area contributed by atoms with Crippen molar-refractivity contribution in [3.8, 4) is 11.4 Å². The number of aromatic nitrogens is 4. The summed E-state index contributed by atoms with van der Waals surface area (Å²) in [5.41, 5.74) is 4.36. The first-order valence-electron chi connectivity index (χ1n) is 8.33. The Morgan fingerprint density at radius 2 is 2.07 bits per heavy atom. The lowest BCUT2D eigenvalue weighted by molar-refractivity contribution is -0.118. The molecule has 0 fully saturated rings. The van der Waals surface area contributed by atoms with Crippen LogP contribution in [0.4, 0.5) is 0 Å². The van der Waals surface area contributed by atoms with E-state index >= 15 is 0 Å². The molecule has 0 saturated carbocycles. The predicted octanol–water partition coefficient (Wildman–Crippen LogP) is 3.20. The van der Waals surface area contributed by atoms with Crippen molar-refractivity contribution in [2.24, 2.45) is 12.1 Å². The van der Waals surface area contributed by atoms with E-state index < -0.39 is 0 Å². The van der Waals surface area contributed by atoms with Crippen LogP contribution in [-0.4, -0.2) is 37.2 Å². The second-order valence-electron chi connectivity index (χ2n) is 5.68. The number of rotatable bonds is 7. The molecule has 27 heavy (non-hydrogen) atoms. The van der Waals surface area contributed by atoms with Crippen molar-refractivity contribution < 1.29 is 4.79 Å². The van der Waals surface area contributed by atoms with Crippen molar-refractivity contribution in [2.75, 3.05) is 5.75 Å². The summed E-state index contributed by atoms with van der Waals surface area (Å²) in [7, 11) is 1.91. The number of nitrogens with zero attached hydrogens (tertiary/aromatic N) is 5. The molecule has 2 aromatic heterocycles. The lowest BCUT2D eigenvalue weighted by Gasteiger charge is -2.07. The Balaban J connectivity index is 1.61. The van der Waals surface area contributed by atoms with Gasteiger partial charge < -0.3 is 9.13 Å². The van der Waals surface area contributed by atoms with Gasteiger partial charge in [-0.05, 0) is 43.3 Å². The van der Waals surface area contributed by atoms with Gasteiger partial charge in [-0.15, -0.1) is 10.2 Å². The maximum Gasteiger partial charge on any atom is 0.250 e. The van der Waals surface area contributed by atoms with E-state index in [1.165, 1.54) is 11.8 Å². The van der Waals surface area contributed by atoms with Gasteiger partial charge in [-0.2, -0.15) is 5.10 Å². The number of halogens is 1. The van der Waals surface area contributed by atoms with Crippen molar-refractivity contribution in [2.45, 2.75) is 18.6 Å². The molecule has 0 spiro atoms. The first-order chi connectivity index (χ1) is 13.1. The van der Waals surface area contributed by atoms with E-state index in [0.717, 1.165) is 17.1 Å². The third kappa shape index (κ3) is 4.78. The Hall–Kier alpha value is -2.58. The molecule has 0 radical (unpaired) electrons. The van der Waals surface area contributed by atoms with Gasteiger partial charge >= 0.3 is 0 Å². The van der Waals surface area contributed by atoms with Gasteiger partial charge in [0.15, 0.2) is 11.0 Å². The zero-order valence-corrected chi connectivity index (χ0v) is 16.5. The van der Waals surface area contributed by atoms with Crippen LogP contribution in [0.5, 0.6) is 0 Å². The summed E-state index contributed by atoms with van der Waals surface area (Å²) in [6.45, 7) is 2.71. The van der Waals surface area contributed by atoms with Crippen LogP contribution in [0.2, 0.25) is 5.02 Å². The van der Waals surface area contributed by atoms with E-state index in [2.05, 4.69) is 20.7 Å². The molecular formula is C18H19ClN6OS. The first kappa shape index (κ1) is 19.2. The Bertz CT molecular complexity index is 947. The highest BCUT2D eigenvalue weighted by molar-refractivity contribution is 7.99. The molecule has 3 aromatic rings. The third-order valence-electron chi connectivity index (χ3n) is 3.84. The molecule has 2 heterocycles. The van der Waals surface area contributed by atoms with Crippen LogP contribution in [0.1, 0.15) is 12.6 Å². The van der Waals surface area contributed by atoms with E-state index in [1.807, 2.05) is 65.7 Å². The number of hydrogen-bond donors (Lipinski definition) is 1. The summed E-state index contributed by atoms with van der Waals surface area (Å²) in [6.07, 6.45) is 3.52. The minimum Gasteiger partial charge on any atom is -0.350 e. The number of benzene rings is 1. The summed E-state index contributed by atoms with van der Waals surface area (Å²) in [5, 5.41) is 13.8. The molecule has 0 atom stereocenters. The number of carbonyl (C=O) groups excluding carboxylic acids is 1. The lowest BCUT2D eigenvalue weighted by Crippen LogP contribution is -2.20. The zero-order valence-electron chi connectivity index (χ0n) is 15.0. The van der Waals surface area contributed by atoms with Crippen LogP contribution in [0, 0.1) is 0 Å². The van der Waals surface area contributed by atoms with Crippen LogP contribution in [-0.2, 0) is 18.4 Å². The van der Waals surface area contributed by atoms with E-state index in [9.17, 15) is 4.79 Å². The fourth-order valence-corrected chi connectivity index (χ4v) is 3.35. The van der Waals surface area contributed by atoms with Gasteiger partial charge in [0.25, 0.3) is 5.91 Å². The number of hydrazone groups is 1. The summed E-state index contributed by atoms with van der Waals surface area (Å²) in [5.74, 6) is 0.742. The molecule has 0 saturated heterocycles. The highest BCUT2D eigenvalue weighted by Gasteiger charge is 2.14. The van der Waals surface area contributed by atoms with Crippen LogP contribution < -0.4 is 5.43 Å². The maximum absolute atomic E-state index is 12.0. The topological polar surface area (TPSA) is 77.1 Å². The largest absolute Gasteiger partial charge is 0.350 e. The van der Waals surface area contributed by atoms with E-state index in [0.29, 0.717) is 16.7 Å². The molecule has 1 N–H and O–H groups in total. The molecule has 0 aliphatic rings. The Morgan fingerprint density at radius 1 is 1.30 bits per heavy atom. The van der Waals surface area contributed by atoms with Gasteiger partial charge in [0, 0.05) is 30.4 Å². The van der Waals surface area contributed by atoms with E-state index in [-0.39, 0.29) is 11.7 Å². The summed E-state index contributed by atoms with van der Waals surface area (Å²) in [6, 6.07) is 11.3. The van der Waals surface area contributed by atoms with Gasteiger partial charge in [0.1, 0.15) is 0 Å². The SMILES string of the molecule is CCn1c(SCC(=O)NN=Cc2cccn2C)nnc1-c1ccc(Cl)cc1. The molecular weight excluding hydrogens is 384 g/mol. The molecule has 140 valence electrons. The first-order valence-corrected chi connectivity index (χ1v) is 9.70. The second kappa shape index (κ2) is 8.88. The predicted molar refractivity (Wildman–Crippen MR) is 108 cm³/mol. The highest BCUT2D eigenvalue weighted by Crippen LogP contribution is 2.24. The minimum atomic E-state index is -0.204. The van der Waals surface area contributed by atoms with Crippen LogP contribution in [0.3, 0.4) is 0 Å². The minimum absolute atomic E-state index is 0.198. The Morgan fingerprint density at radius 3 is 2.74 bits per heavy atom. The van der Waals surface area contributed by atoms with Crippen LogP contribution >= 0.6 is 23.4 Å². The number of aryl methyl sites for hydroxylation is 1. The number of amides is 1. The number of hydrogen-bond acceptors (Lipinski definition) is 5. The molecule has 0 unspecified atom stereocenters. The van der Waals surface area contributed by atoms with Gasteiger partial charge in [-0.25, -0.2) is 5.43 Å². The second-order valence-corrected chi connectivity index (χ2v) is 7.06. The molecule has 0 bridgehead atoms. The standard InChI is InChI=1S/C18H19ClN6OS/c1-3-25-17(13-6-8-14(19)9-7-13)22-23-18(25)27-12-16(26)21-20-11-15-5-4-10-24(15)2/h4-11H,3,12H2,1-2H3,(H,21,26). The number of carbonyl (C=O) groups is 1. The van der Waals surface area contributed by atoms with Crippen molar-refractivity contribution >= 4 is 35.5 Å². The molecule has 1 aromatic carbocycles. The molecule has 3 rings (SSSR count). The smallest absolute Gasteiger partial charge is 0.250 e. The molecule has 7 nitrogen and oxygen atoms in total. The maximum atomic E-state index is 12.0. The highest BCUT2D eigenvalue weighted by atomic mass is 35.5. The lowest BCUT2D eigenvalue weighted by atomic mass is 10.2. The summed E-state index contributed by atoms with van der Waals surface area (Å²) in [4.78, 5) is 12.0. The monoisotopic (exact) mass is 402 g/mol. The fourth-order valence-electron chi connectivity index (χ4n) is 2.43. The molecule has 1 amide bonds. The summed E-state index contributed by atoms with van der Waals surface area (Å²) >= 11 is 7.26. The average Bonchev–Trinajstić information content (AvgIpc) is 3.26. The molecule has 0 aliphatic heterocycles. The van der Waals surface area contributed by atoms with Gasteiger partial charge in [0.2, 0.25) is 0 Å². The van der Waals surface area contributed by atoms with Crippen LogP contribution in [0.25, 0.3) is 11.4 Å². The average molecular weight is 403 g/mol. The molecule has 9 heteroatoms. The van der Waals surface area contributed by atoms with Gasteiger partial charge in [-0.3, -0.25) is 4.79 Å². The number of thioether (sulfide) groups is 1. The zero-order chi connectivity index (χ0) is 19.2. The third-order valence-corrected chi connectivity index (χ3v) is 5.06. The normalized spacial score (nSPS) is 11.2. The number of nitrogens with one attached hydrogen (secondary N) is 1. The van der Waals surface area contributed by atoms with Crippen molar-refractivity contribution in [3.63, 3.8) is 0 Å². The van der Waals surface area contributed by atoms with E-state index in [4.69, 9.17) is 11.6 Å². The van der Waals surface area contributed by atoms with Gasteiger partial charge in [-0.1, -0.05) is 23.4 Å². The summed E-state index contributed by atoms with van der Waals surface area (Å²) < 4.78 is 3.88. The molecule has 0 aliphatic carbocycles. The Kier molecular flexibility index (Phi) is 6.31. The van der Waals surface area contributed by atoms with E-state index in [1.54, 1.807) is 6.21 Å². The quantitative estimate of drug-likeness (QED) is 0.374.